The van der Waals surface area contributed by atoms with E-state index in [1.807, 2.05) is 0 Å². The molecule has 1 aromatic carbocycles. The first-order chi connectivity index (χ1) is 13.2. The van der Waals surface area contributed by atoms with Crippen LogP contribution in [-0.2, 0) is 21.5 Å². The van der Waals surface area contributed by atoms with Crippen LogP contribution in [0.1, 0.15) is 25.8 Å². The molecule has 28 heavy (non-hydrogen) atoms. The molecule has 3 rings (SSSR count). The largest absolute Gasteiger partial charge is 0.506 e. The summed E-state index contributed by atoms with van der Waals surface area (Å²) in [5.41, 5.74) is -0.190. The maximum atomic E-state index is 15.1. The number of nitrogens with zero attached hydrogens (tertiary/aromatic N) is 3. The molecular formula is C18H27FN4O4S. The van der Waals surface area contributed by atoms with Gasteiger partial charge in [0.25, 0.3) is 5.91 Å². The molecule has 0 aromatic heterocycles. The molecule has 1 aromatic rings. The van der Waals surface area contributed by atoms with Crippen molar-refractivity contribution in [3.63, 3.8) is 0 Å². The molecule has 0 spiro atoms. The predicted octanol–water partition coefficient (Wildman–Crippen LogP) is 0.876. The van der Waals surface area contributed by atoms with Gasteiger partial charge in [-0.3, -0.25) is 9.69 Å². The number of piperazine rings is 1. The van der Waals surface area contributed by atoms with Crippen LogP contribution in [-0.4, -0.2) is 68.5 Å². The fraction of sp³-hybridized carbons (Fsp3) is 0.611. The number of anilines is 1. The van der Waals surface area contributed by atoms with Crippen molar-refractivity contribution in [1.29, 1.82) is 0 Å². The Labute approximate surface area is 165 Å². The summed E-state index contributed by atoms with van der Waals surface area (Å²) >= 11 is 0. The molecule has 8 nitrogen and oxygen atoms in total. The number of hydrogen-bond donors (Lipinski definition) is 2. The van der Waals surface area contributed by atoms with E-state index in [1.165, 1.54) is 12.1 Å². The lowest BCUT2D eigenvalue weighted by Crippen LogP contribution is -2.46. The molecule has 2 saturated heterocycles. The normalized spacial score (nSPS) is 20.7. The summed E-state index contributed by atoms with van der Waals surface area (Å²) in [6.45, 7) is 8.59. The molecule has 10 heteroatoms. The second-order valence-electron chi connectivity index (χ2n) is 7.74. The maximum absolute atomic E-state index is 15.1. The molecule has 0 radical (unpaired) electrons. The van der Waals surface area contributed by atoms with Gasteiger partial charge in [-0.15, -0.1) is 0 Å². The van der Waals surface area contributed by atoms with Crippen molar-refractivity contribution in [2.75, 3.05) is 43.6 Å². The molecule has 0 saturated carbocycles. The quantitative estimate of drug-likeness (QED) is 0.718. The van der Waals surface area contributed by atoms with Crippen LogP contribution in [0.25, 0.3) is 0 Å². The van der Waals surface area contributed by atoms with Crippen molar-refractivity contribution >= 4 is 21.8 Å². The van der Waals surface area contributed by atoms with Gasteiger partial charge in [0, 0.05) is 38.3 Å². The monoisotopic (exact) mass is 414 g/mol. The van der Waals surface area contributed by atoms with E-state index in [4.69, 9.17) is 0 Å². The van der Waals surface area contributed by atoms with Gasteiger partial charge in [0.05, 0.1) is 0 Å². The van der Waals surface area contributed by atoms with E-state index in [0.29, 0.717) is 16.8 Å². The van der Waals surface area contributed by atoms with E-state index in [9.17, 15) is 18.3 Å². The van der Waals surface area contributed by atoms with Crippen LogP contribution in [0.4, 0.5) is 10.1 Å². The second kappa shape index (κ2) is 8.22. The van der Waals surface area contributed by atoms with Crippen LogP contribution < -0.4 is 9.03 Å². The van der Waals surface area contributed by atoms with Gasteiger partial charge in [-0.05, 0) is 24.9 Å². The highest BCUT2D eigenvalue weighted by molar-refractivity contribution is 7.92. The second-order valence-corrected chi connectivity index (χ2v) is 9.34. The molecule has 1 amide bonds. The van der Waals surface area contributed by atoms with Crippen LogP contribution in [0.2, 0.25) is 0 Å². The highest BCUT2D eigenvalue weighted by Gasteiger charge is 2.38. The molecular weight excluding hydrogens is 387 g/mol. The lowest BCUT2D eigenvalue weighted by Gasteiger charge is -2.35. The molecule has 0 aliphatic carbocycles. The molecule has 0 unspecified atom stereocenters. The molecule has 2 fully saturated rings. The molecule has 2 aliphatic rings. The van der Waals surface area contributed by atoms with Gasteiger partial charge in [0.1, 0.15) is 18.0 Å². The number of phenols is 1. The Hall–Kier alpha value is -1.91. The summed E-state index contributed by atoms with van der Waals surface area (Å²) < 4.78 is 41.5. The van der Waals surface area contributed by atoms with E-state index >= 15 is 4.39 Å². The molecule has 156 valence electrons. The Bertz CT molecular complexity index is 838. The van der Waals surface area contributed by atoms with E-state index in [-0.39, 0.29) is 5.56 Å². The van der Waals surface area contributed by atoms with Gasteiger partial charge >= 0.3 is 10.2 Å². The van der Waals surface area contributed by atoms with Gasteiger partial charge in [-0.2, -0.15) is 8.42 Å². The zero-order valence-corrected chi connectivity index (χ0v) is 17.0. The van der Waals surface area contributed by atoms with E-state index in [1.54, 1.807) is 4.72 Å². The van der Waals surface area contributed by atoms with Crippen molar-refractivity contribution in [1.82, 2.24) is 14.5 Å². The Balaban J connectivity index is 1.70. The van der Waals surface area contributed by atoms with Gasteiger partial charge in [-0.25, -0.2) is 13.4 Å². The van der Waals surface area contributed by atoms with Crippen molar-refractivity contribution in [3.8, 4) is 5.75 Å². The van der Waals surface area contributed by atoms with Crippen LogP contribution in [0.3, 0.4) is 0 Å². The van der Waals surface area contributed by atoms with Crippen molar-refractivity contribution < 1.29 is 22.7 Å². The molecule has 0 bridgehead atoms. The average molecular weight is 415 g/mol. The smallest absolute Gasteiger partial charge is 0.326 e. The van der Waals surface area contributed by atoms with Crippen LogP contribution >= 0.6 is 0 Å². The van der Waals surface area contributed by atoms with E-state index in [0.717, 1.165) is 39.1 Å². The number of rotatable bonds is 6. The van der Waals surface area contributed by atoms with Gasteiger partial charge in [-0.1, -0.05) is 19.9 Å². The SMILES string of the molecule is CC(C)CCN1CCN(Cc2ccc(O)c(N3CC(=O)NS3(=O)=O)c2F)CC1. The number of carbonyl (C=O) groups is 1. The minimum atomic E-state index is -4.19. The highest BCUT2D eigenvalue weighted by atomic mass is 32.2. The Kier molecular flexibility index (Phi) is 6.11. The number of amides is 1. The number of benzene rings is 1. The summed E-state index contributed by atoms with van der Waals surface area (Å²) in [7, 11) is -4.19. The average Bonchev–Trinajstić information content (AvgIpc) is 2.89. The summed E-state index contributed by atoms with van der Waals surface area (Å²) in [5, 5.41) is 10.0. The zero-order chi connectivity index (χ0) is 20.5. The topological polar surface area (TPSA) is 93.2 Å². The minimum absolute atomic E-state index is 0.290. The third-order valence-corrected chi connectivity index (χ3v) is 6.50. The fourth-order valence-electron chi connectivity index (χ4n) is 3.45. The zero-order valence-electron chi connectivity index (χ0n) is 16.2. The predicted molar refractivity (Wildman–Crippen MR) is 104 cm³/mol. The van der Waals surface area contributed by atoms with Crippen LogP contribution in [0.15, 0.2) is 12.1 Å². The first kappa shape index (κ1) is 20.8. The van der Waals surface area contributed by atoms with E-state index in [2.05, 4.69) is 23.6 Å². The summed E-state index contributed by atoms with van der Waals surface area (Å²) in [4.78, 5) is 15.9. The molecule has 2 heterocycles. The highest BCUT2D eigenvalue weighted by Crippen LogP contribution is 2.35. The first-order valence-corrected chi connectivity index (χ1v) is 10.9. The van der Waals surface area contributed by atoms with Crippen LogP contribution in [0, 0.1) is 11.7 Å². The molecule has 2 N–H and O–H groups in total. The van der Waals surface area contributed by atoms with Crippen molar-refractivity contribution in [2.24, 2.45) is 5.92 Å². The molecule has 2 aliphatic heterocycles. The number of aromatic hydroxyl groups is 1. The third kappa shape index (κ3) is 4.56. The van der Waals surface area contributed by atoms with Crippen molar-refractivity contribution in [3.05, 3.63) is 23.5 Å². The summed E-state index contributed by atoms with van der Waals surface area (Å²) in [6.07, 6.45) is 1.15. The van der Waals surface area contributed by atoms with Gasteiger partial charge in [0.2, 0.25) is 0 Å². The van der Waals surface area contributed by atoms with Crippen molar-refractivity contribution in [2.45, 2.75) is 26.8 Å². The fourth-order valence-corrected chi connectivity index (χ4v) is 4.62. The Morgan fingerprint density at radius 2 is 1.82 bits per heavy atom. The van der Waals surface area contributed by atoms with Gasteiger partial charge in [0.15, 0.2) is 5.82 Å². The number of nitrogens with one attached hydrogen (secondary N) is 1. The number of phenolic OH excluding ortho intramolecular Hbond substituents is 1. The summed E-state index contributed by atoms with van der Waals surface area (Å²) in [5.74, 6) is -1.44. The number of halogens is 1. The lowest BCUT2D eigenvalue weighted by molar-refractivity contribution is -0.117. The standard InChI is InChI=1S/C18H27FN4O4S/c1-13(2)5-6-21-7-9-22(10-8-21)11-14-3-4-15(24)18(17(14)19)23-12-16(25)20-28(23,26)27/h3-4,13,24H,5-12H2,1-2H3,(H,20,25). The minimum Gasteiger partial charge on any atom is -0.506 e. The molecule has 0 atom stereocenters. The van der Waals surface area contributed by atoms with Gasteiger partial charge < -0.3 is 10.0 Å². The van der Waals surface area contributed by atoms with E-state index < -0.39 is 39.9 Å². The number of hydrogen-bond acceptors (Lipinski definition) is 6. The lowest BCUT2D eigenvalue weighted by atomic mass is 10.1. The Morgan fingerprint density at radius 1 is 1.18 bits per heavy atom. The Morgan fingerprint density at radius 3 is 2.39 bits per heavy atom. The number of carbonyl (C=O) groups excluding carboxylic acids is 1. The maximum Gasteiger partial charge on any atom is 0.326 e. The third-order valence-electron chi connectivity index (χ3n) is 5.13. The summed E-state index contributed by atoms with van der Waals surface area (Å²) in [6, 6.07) is 2.72. The first-order valence-electron chi connectivity index (χ1n) is 9.45. The van der Waals surface area contributed by atoms with Crippen LogP contribution in [0.5, 0.6) is 5.75 Å².